The van der Waals surface area contributed by atoms with Crippen molar-refractivity contribution in [1.82, 2.24) is 5.32 Å². The Morgan fingerprint density at radius 2 is 2.07 bits per heavy atom. The van der Waals surface area contributed by atoms with Crippen LogP contribution >= 0.6 is 0 Å². The molecular weight excluding hydrogens is 178 g/mol. The summed E-state index contributed by atoms with van der Waals surface area (Å²) < 4.78 is 5.17. The third-order valence-corrected chi connectivity index (χ3v) is 2.33. The van der Waals surface area contributed by atoms with Crippen molar-refractivity contribution in [2.24, 2.45) is 0 Å². The van der Waals surface area contributed by atoms with Crippen molar-refractivity contribution in [1.29, 1.82) is 0 Å². The van der Waals surface area contributed by atoms with Crippen LogP contribution in [0.15, 0.2) is 24.3 Å². The number of amides is 1. The Morgan fingerprint density at radius 3 is 2.71 bits per heavy atom. The van der Waals surface area contributed by atoms with Crippen molar-refractivity contribution in [2.75, 3.05) is 13.2 Å². The maximum Gasteiger partial charge on any atom is 0.246 e. The summed E-state index contributed by atoms with van der Waals surface area (Å²) in [7, 11) is 0. The van der Waals surface area contributed by atoms with E-state index in [0.29, 0.717) is 6.61 Å². The fourth-order valence-electron chi connectivity index (χ4n) is 1.53. The molecule has 1 atom stereocenters. The number of hydrogen-bond donors (Lipinski definition) is 1. The Hall–Kier alpha value is -1.35. The van der Waals surface area contributed by atoms with Crippen molar-refractivity contribution in [3.63, 3.8) is 0 Å². The Kier molecular flexibility index (Phi) is 2.50. The minimum Gasteiger partial charge on any atom is -0.369 e. The van der Waals surface area contributed by atoms with Crippen LogP contribution in [-0.4, -0.2) is 19.1 Å². The maximum absolute atomic E-state index is 11.1. The number of benzene rings is 1. The average molecular weight is 191 g/mol. The molecule has 0 bridgehead atoms. The van der Waals surface area contributed by atoms with Crippen LogP contribution in [0.5, 0.6) is 0 Å². The normalized spacial score (nSPS) is 21.8. The standard InChI is InChI=1S/C11H13NO2/c1-8-2-4-9(5-3-8)10-6-14-7-11(13)12-10/h2-5,10H,6-7H2,1H3,(H,12,13). The molecule has 0 aromatic heterocycles. The number of ether oxygens (including phenoxy) is 1. The molecule has 1 aliphatic rings. The maximum atomic E-state index is 11.1. The van der Waals surface area contributed by atoms with E-state index < -0.39 is 0 Å². The van der Waals surface area contributed by atoms with E-state index in [-0.39, 0.29) is 18.6 Å². The molecule has 1 fully saturated rings. The van der Waals surface area contributed by atoms with Gasteiger partial charge in [-0.2, -0.15) is 0 Å². The first-order valence-electron chi connectivity index (χ1n) is 4.69. The number of aryl methyl sites for hydroxylation is 1. The summed E-state index contributed by atoms with van der Waals surface area (Å²) >= 11 is 0. The van der Waals surface area contributed by atoms with Gasteiger partial charge in [0.15, 0.2) is 0 Å². The number of hydrogen-bond acceptors (Lipinski definition) is 2. The van der Waals surface area contributed by atoms with Crippen LogP contribution in [0.3, 0.4) is 0 Å². The number of nitrogens with one attached hydrogen (secondary N) is 1. The molecule has 3 heteroatoms. The topological polar surface area (TPSA) is 38.3 Å². The molecule has 1 N–H and O–H groups in total. The van der Waals surface area contributed by atoms with E-state index in [4.69, 9.17) is 4.74 Å². The monoisotopic (exact) mass is 191 g/mol. The van der Waals surface area contributed by atoms with Crippen molar-refractivity contribution >= 4 is 5.91 Å². The molecule has 1 aromatic carbocycles. The predicted octanol–water partition coefficient (Wildman–Crippen LogP) is 1.18. The van der Waals surface area contributed by atoms with Gasteiger partial charge in [-0.15, -0.1) is 0 Å². The first-order chi connectivity index (χ1) is 6.75. The Bertz CT molecular complexity index is 332. The quantitative estimate of drug-likeness (QED) is 0.724. The molecule has 0 saturated carbocycles. The summed E-state index contributed by atoms with van der Waals surface area (Å²) in [5.41, 5.74) is 2.32. The second-order valence-electron chi connectivity index (χ2n) is 3.55. The van der Waals surface area contributed by atoms with Gasteiger partial charge in [-0.3, -0.25) is 4.79 Å². The van der Waals surface area contributed by atoms with Gasteiger partial charge in [0.1, 0.15) is 6.61 Å². The lowest BCUT2D eigenvalue weighted by Gasteiger charge is -2.23. The molecular formula is C11H13NO2. The van der Waals surface area contributed by atoms with Crippen LogP contribution in [0.25, 0.3) is 0 Å². The summed E-state index contributed by atoms with van der Waals surface area (Å²) in [6.07, 6.45) is 0. The van der Waals surface area contributed by atoms with Gasteiger partial charge in [0, 0.05) is 0 Å². The molecule has 0 aliphatic carbocycles. The average Bonchev–Trinajstić information content (AvgIpc) is 2.19. The lowest BCUT2D eigenvalue weighted by molar-refractivity contribution is -0.131. The summed E-state index contributed by atoms with van der Waals surface area (Å²) in [5.74, 6) is -0.0400. The molecule has 1 amide bonds. The second-order valence-corrected chi connectivity index (χ2v) is 3.55. The van der Waals surface area contributed by atoms with Crippen molar-refractivity contribution < 1.29 is 9.53 Å². The predicted molar refractivity (Wildman–Crippen MR) is 52.9 cm³/mol. The van der Waals surface area contributed by atoms with Gasteiger partial charge >= 0.3 is 0 Å². The van der Waals surface area contributed by atoms with E-state index in [9.17, 15) is 4.79 Å². The second kappa shape index (κ2) is 3.80. The van der Waals surface area contributed by atoms with Gasteiger partial charge in [0.2, 0.25) is 5.91 Å². The summed E-state index contributed by atoms with van der Waals surface area (Å²) in [6, 6.07) is 8.13. The number of rotatable bonds is 1. The lowest BCUT2D eigenvalue weighted by atomic mass is 10.1. The molecule has 74 valence electrons. The molecule has 1 aliphatic heterocycles. The smallest absolute Gasteiger partial charge is 0.246 e. The van der Waals surface area contributed by atoms with E-state index in [1.807, 2.05) is 31.2 Å². The zero-order valence-electron chi connectivity index (χ0n) is 8.12. The van der Waals surface area contributed by atoms with Crippen molar-refractivity contribution in [3.05, 3.63) is 35.4 Å². The SMILES string of the molecule is Cc1ccc(C2COCC(=O)N2)cc1. The van der Waals surface area contributed by atoms with E-state index in [1.165, 1.54) is 5.56 Å². The molecule has 1 unspecified atom stereocenters. The van der Waals surface area contributed by atoms with Crippen LogP contribution in [0.2, 0.25) is 0 Å². The Balaban J connectivity index is 2.14. The van der Waals surface area contributed by atoms with Gasteiger partial charge in [0.05, 0.1) is 12.6 Å². The van der Waals surface area contributed by atoms with Crippen LogP contribution in [-0.2, 0) is 9.53 Å². The van der Waals surface area contributed by atoms with Gasteiger partial charge in [-0.25, -0.2) is 0 Å². The summed E-state index contributed by atoms with van der Waals surface area (Å²) in [6.45, 7) is 2.79. The largest absolute Gasteiger partial charge is 0.369 e. The van der Waals surface area contributed by atoms with Crippen LogP contribution in [0.4, 0.5) is 0 Å². The zero-order valence-corrected chi connectivity index (χ0v) is 8.12. The molecule has 14 heavy (non-hydrogen) atoms. The summed E-state index contributed by atoms with van der Waals surface area (Å²) in [5, 5.41) is 2.89. The molecule has 0 radical (unpaired) electrons. The first kappa shape index (κ1) is 9.21. The highest BCUT2D eigenvalue weighted by Gasteiger charge is 2.19. The van der Waals surface area contributed by atoms with Crippen LogP contribution in [0.1, 0.15) is 17.2 Å². The minimum absolute atomic E-state index is 0.0110. The van der Waals surface area contributed by atoms with E-state index >= 15 is 0 Å². The number of morpholine rings is 1. The Morgan fingerprint density at radius 1 is 1.36 bits per heavy atom. The molecule has 3 nitrogen and oxygen atoms in total. The fourth-order valence-corrected chi connectivity index (χ4v) is 1.53. The number of carbonyl (C=O) groups excluding carboxylic acids is 1. The van der Waals surface area contributed by atoms with E-state index in [1.54, 1.807) is 0 Å². The van der Waals surface area contributed by atoms with Gasteiger partial charge in [0.25, 0.3) is 0 Å². The third kappa shape index (κ3) is 1.93. The molecule has 2 rings (SSSR count). The van der Waals surface area contributed by atoms with Crippen LogP contribution in [0, 0.1) is 6.92 Å². The number of carbonyl (C=O) groups is 1. The first-order valence-corrected chi connectivity index (χ1v) is 4.69. The minimum atomic E-state index is -0.0400. The highest BCUT2D eigenvalue weighted by atomic mass is 16.5. The molecule has 1 aromatic rings. The molecule has 1 heterocycles. The highest BCUT2D eigenvalue weighted by molar-refractivity contribution is 5.78. The van der Waals surface area contributed by atoms with Gasteiger partial charge < -0.3 is 10.1 Å². The summed E-state index contributed by atoms with van der Waals surface area (Å²) in [4.78, 5) is 11.1. The van der Waals surface area contributed by atoms with E-state index in [2.05, 4.69) is 5.32 Å². The van der Waals surface area contributed by atoms with Gasteiger partial charge in [-0.05, 0) is 12.5 Å². The van der Waals surface area contributed by atoms with Crippen LogP contribution < -0.4 is 5.32 Å². The third-order valence-electron chi connectivity index (χ3n) is 2.33. The Labute approximate surface area is 83.1 Å². The van der Waals surface area contributed by atoms with Crippen molar-refractivity contribution in [2.45, 2.75) is 13.0 Å². The lowest BCUT2D eigenvalue weighted by Crippen LogP contribution is -2.39. The van der Waals surface area contributed by atoms with Gasteiger partial charge in [-0.1, -0.05) is 29.8 Å². The van der Waals surface area contributed by atoms with E-state index in [0.717, 1.165) is 5.56 Å². The molecule has 1 saturated heterocycles. The van der Waals surface area contributed by atoms with Crippen molar-refractivity contribution in [3.8, 4) is 0 Å². The zero-order chi connectivity index (χ0) is 9.97. The fraction of sp³-hybridized carbons (Fsp3) is 0.364. The molecule has 0 spiro atoms. The highest BCUT2D eigenvalue weighted by Crippen LogP contribution is 2.16.